The molecule has 2 aromatic carbocycles. The van der Waals surface area contributed by atoms with E-state index in [1.807, 2.05) is 6.92 Å². The van der Waals surface area contributed by atoms with Crippen LogP contribution in [0.25, 0.3) is 0 Å². The SMILES string of the molecule is Cc1cc(F)c(Br)cc1NCc1cc2c(cc1O)OCO2. The molecule has 110 valence electrons. The molecule has 0 atom stereocenters. The smallest absolute Gasteiger partial charge is 0.231 e. The number of phenols is 1. The second-order valence-electron chi connectivity index (χ2n) is 4.77. The molecule has 1 heterocycles. The Balaban J connectivity index is 1.81. The van der Waals surface area contributed by atoms with Gasteiger partial charge in [0.05, 0.1) is 4.47 Å². The molecule has 2 aromatic rings. The Hall–Kier alpha value is -1.95. The predicted octanol–water partition coefficient (Wildman–Crippen LogP) is 3.94. The molecule has 0 radical (unpaired) electrons. The van der Waals surface area contributed by atoms with E-state index in [4.69, 9.17) is 9.47 Å². The molecular weight excluding hydrogens is 341 g/mol. The summed E-state index contributed by atoms with van der Waals surface area (Å²) >= 11 is 3.16. The molecular formula is C15H13BrFNO3. The minimum Gasteiger partial charge on any atom is -0.507 e. The molecule has 4 nitrogen and oxygen atoms in total. The summed E-state index contributed by atoms with van der Waals surface area (Å²) in [6.07, 6.45) is 0. The van der Waals surface area contributed by atoms with Crippen LogP contribution in [0.1, 0.15) is 11.1 Å². The second-order valence-corrected chi connectivity index (χ2v) is 5.62. The van der Waals surface area contributed by atoms with Crippen LogP contribution in [0.2, 0.25) is 0 Å². The molecule has 6 heteroatoms. The summed E-state index contributed by atoms with van der Waals surface area (Å²) in [7, 11) is 0. The maximum Gasteiger partial charge on any atom is 0.231 e. The van der Waals surface area contributed by atoms with E-state index in [1.54, 1.807) is 12.1 Å². The first-order valence-corrected chi connectivity index (χ1v) is 7.15. The molecule has 0 aliphatic carbocycles. The van der Waals surface area contributed by atoms with E-state index < -0.39 is 0 Å². The van der Waals surface area contributed by atoms with Crippen molar-refractivity contribution in [3.05, 3.63) is 45.7 Å². The second kappa shape index (κ2) is 5.44. The zero-order chi connectivity index (χ0) is 15.0. The molecule has 0 amide bonds. The summed E-state index contributed by atoms with van der Waals surface area (Å²) in [6.45, 7) is 2.37. The summed E-state index contributed by atoms with van der Waals surface area (Å²) in [5.74, 6) is 0.980. The summed E-state index contributed by atoms with van der Waals surface area (Å²) in [5, 5.41) is 13.2. The number of fused-ring (bicyclic) bond motifs is 1. The lowest BCUT2D eigenvalue weighted by Crippen LogP contribution is -2.02. The highest BCUT2D eigenvalue weighted by molar-refractivity contribution is 9.10. The van der Waals surface area contributed by atoms with E-state index in [0.717, 1.165) is 11.3 Å². The predicted molar refractivity (Wildman–Crippen MR) is 80.4 cm³/mol. The number of halogens is 2. The summed E-state index contributed by atoms with van der Waals surface area (Å²) in [6, 6.07) is 6.39. The Morgan fingerprint density at radius 2 is 1.95 bits per heavy atom. The number of ether oxygens (including phenoxy) is 2. The van der Waals surface area contributed by atoms with Crippen LogP contribution < -0.4 is 14.8 Å². The van der Waals surface area contributed by atoms with Crippen LogP contribution in [0.3, 0.4) is 0 Å². The molecule has 0 aromatic heterocycles. The first-order valence-electron chi connectivity index (χ1n) is 6.35. The minimum absolute atomic E-state index is 0.130. The number of anilines is 1. The summed E-state index contributed by atoms with van der Waals surface area (Å²) in [4.78, 5) is 0. The number of nitrogens with one attached hydrogen (secondary N) is 1. The first kappa shape index (κ1) is 14.0. The van der Waals surface area contributed by atoms with Gasteiger partial charge in [-0.2, -0.15) is 0 Å². The summed E-state index contributed by atoms with van der Waals surface area (Å²) in [5.41, 5.74) is 2.26. The van der Waals surface area contributed by atoms with Gasteiger partial charge >= 0.3 is 0 Å². The van der Waals surface area contributed by atoms with Crippen molar-refractivity contribution in [1.29, 1.82) is 0 Å². The van der Waals surface area contributed by atoms with Gasteiger partial charge in [-0.1, -0.05) is 0 Å². The van der Waals surface area contributed by atoms with Crippen molar-refractivity contribution in [3.8, 4) is 17.2 Å². The molecule has 0 unspecified atom stereocenters. The van der Waals surface area contributed by atoms with Gasteiger partial charge in [-0.3, -0.25) is 0 Å². The van der Waals surface area contributed by atoms with Gasteiger partial charge in [-0.25, -0.2) is 4.39 Å². The molecule has 0 saturated carbocycles. The van der Waals surface area contributed by atoms with Crippen molar-refractivity contribution in [1.82, 2.24) is 0 Å². The lowest BCUT2D eigenvalue weighted by molar-refractivity contribution is 0.174. The van der Waals surface area contributed by atoms with E-state index in [-0.39, 0.29) is 18.4 Å². The largest absolute Gasteiger partial charge is 0.507 e. The van der Waals surface area contributed by atoms with E-state index >= 15 is 0 Å². The normalized spacial score (nSPS) is 12.5. The fraction of sp³-hybridized carbons (Fsp3) is 0.200. The zero-order valence-corrected chi connectivity index (χ0v) is 12.8. The van der Waals surface area contributed by atoms with Gasteiger partial charge in [0.2, 0.25) is 6.79 Å². The van der Waals surface area contributed by atoms with Crippen molar-refractivity contribution in [3.63, 3.8) is 0 Å². The lowest BCUT2D eigenvalue weighted by atomic mass is 10.1. The number of rotatable bonds is 3. The lowest BCUT2D eigenvalue weighted by Gasteiger charge is -2.12. The third-order valence-corrected chi connectivity index (χ3v) is 3.92. The molecule has 0 bridgehead atoms. The van der Waals surface area contributed by atoms with Crippen molar-refractivity contribution >= 4 is 21.6 Å². The average molecular weight is 354 g/mol. The van der Waals surface area contributed by atoms with Crippen LogP contribution in [0.5, 0.6) is 17.2 Å². The summed E-state index contributed by atoms with van der Waals surface area (Å²) < 4.78 is 24.3. The van der Waals surface area contributed by atoms with Gasteiger partial charge < -0.3 is 19.9 Å². The number of benzene rings is 2. The van der Waals surface area contributed by atoms with Crippen LogP contribution in [-0.2, 0) is 6.54 Å². The average Bonchev–Trinajstić information content (AvgIpc) is 2.88. The van der Waals surface area contributed by atoms with Crippen molar-refractivity contribution in [2.45, 2.75) is 13.5 Å². The third kappa shape index (κ3) is 2.76. The maximum absolute atomic E-state index is 13.4. The molecule has 0 spiro atoms. The van der Waals surface area contributed by atoms with Gasteiger partial charge in [-0.15, -0.1) is 0 Å². The van der Waals surface area contributed by atoms with Crippen molar-refractivity contribution < 1.29 is 19.0 Å². The number of hydrogen-bond acceptors (Lipinski definition) is 4. The standard InChI is InChI=1S/C15H13BrFNO3/c1-8-2-11(17)10(16)4-12(8)18-6-9-3-14-15(5-13(9)19)21-7-20-14/h2-5,18-19H,6-7H2,1H3. The number of aryl methyl sites for hydroxylation is 1. The highest BCUT2D eigenvalue weighted by Gasteiger charge is 2.17. The molecule has 21 heavy (non-hydrogen) atoms. The fourth-order valence-corrected chi connectivity index (χ4v) is 2.49. The Bertz CT molecular complexity index is 706. The molecule has 2 N–H and O–H groups in total. The number of phenolic OH excluding ortho intramolecular Hbond substituents is 1. The van der Waals surface area contributed by atoms with Gasteiger partial charge in [0.25, 0.3) is 0 Å². The molecule has 1 aliphatic rings. The number of hydrogen-bond donors (Lipinski definition) is 2. The van der Waals surface area contributed by atoms with Crippen LogP contribution in [-0.4, -0.2) is 11.9 Å². The Labute approximate surface area is 129 Å². The minimum atomic E-state index is -0.302. The van der Waals surface area contributed by atoms with Crippen LogP contribution in [0, 0.1) is 12.7 Å². The monoisotopic (exact) mass is 353 g/mol. The quantitative estimate of drug-likeness (QED) is 0.877. The third-order valence-electron chi connectivity index (χ3n) is 3.31. The molecule has 0 saturated heterocycles. The zero-order valence-electron chi connectivity index (χ0n) is 11.2. The molecule has 0 fully saturated rings. The highest BCUT2D eigenvalue weighted by Crippen LogP contribution is 2.38. The number of aromatic hydroxyl groups is 1. The van der Waals surface area contributed by atoms with Gasteiger partial charge in [0, 0.05) is 23.9 Å². The van der Waals surface area contributed by atoms with Gasteiger partial charge in [-0.05, 0) is 46.6 Å². The van der Waals surface area contributed by atoms with Crippen molar-refractivity contribution in [2.24, 2.45) is 0 Å². The van der Waals surface area contributed by atoms with Crippen LogP contribution >= 0.6 is 15.9 Å². The Kier molecular flexibility index (Phi) is 3.63. The first-order chi connectivity index (χ1) is 10.0. The van der Waals surface area contributed by atoms with Crippen LogP contribution in [0.4, 0.5) is 10.1 Å². The molecule has 3 rings (SSSR count). The van der Waals surface area contributed by atoms with Gasteiger partial charge in [0.15, 0.2) is 11.5 Å². The van der Waals surface area contributed by atoms with E-state index in [0.29, 0.717) is 28.1 Å². The Morgan fingerprint density at radius 1 is 1.24 bits per heavy atom. The van der Waals surface area contributed by atoms with Crippen LogP contribution in [0.15, 0.2) is 28.7 Å². The molecule has 1 aliphatic heterocycles. The maximum atomic E-state index is 13.4. The fourth-order valence-electron chi connectivity index (χ4n) is 2.14. The van der Waals surface area contributed by atoms with E-state index in [9.17, 15) is 9.50 Å². The van der Waals surface area contributed by atoms with E-state index in [2.05, 4.69) is 21.2 Å². The Morgan fingerprint density at radius 3 is 2.71 bits per heavy atom. The van der Waals surface area contributed by atoms with Gasteiger partial charge in [0.1, 0.15) is 11.6 Å². The topological polar surface area (TPSA) is 50.7 Å². The van der Waals surface area contributed by atoms with Crippen molar-refractivity contribution in [2.75, 3.05) is 12.1 Å². The van der Waals surface area contributed by atoms with E-state index in [1.165, 1.54) is 12.1 Å². The highest BCUT2D eigenvalue weighted by atomic mass is 79.9.